The van der Waals surface area contributed by atoms with E-state index in [4.69, 9.17) is 4.74 Å². The average Bonchev–Trinajstić information content (AvgIpc) is 2.63. The highest BCUT2D eigenvalue weighted by Crippen LogP contribution is 2.32. The lowest BCUT2D eigenvalue weighted by Gasteiger charge is -2.36. The lowest BCUT2D eigenvalue weighted by Crippen LogP contribution is -2.56. The van der Waals surface area contributed by atoms with Crippen molar-refractivity contribution in [3.05, 3.63) is 29.8 Å². The first kappa shape index (κ1) is 19.9. The lowest BCUT2D eigenvalue weighted by atomic mass is 9.77. The first-order chi connectivity index (χ1) is 12.4. The minimum atomic E-state index is -1.15. The Morgan fingerprint density at radius 3 is 2.31 bits per heavy atom. The Morgan fingerprint density at radius 1 is 1.15 bits per heavy atom. The number of carbonyl (C=O) groups is 3. The summed E-state index contributed by atoms with van der Waals surface area (Å²) in [6, 6.07) is 6.84. The second-order valence-electron chi connectivity index (χ2n) is 7.12. The van der Waals surface area contributed by atoms with E-state index in [0.29, 0.717) is 36.5 Å². The van der Waals surface area contributed by atoms with Crippen LogP contribution in [0.2, 0.25) is 0 Å². The first-order valence-corrected chi connectivity index (χ1v) is 9.08. The lowest BCUT2D eigenvalue weighted by molar-refractivity contribution is -0.149. The monoisotopic (exact) mass is 361 g/mol. The van der Waals surface area contributed by atoms with Crippen LogP contribution in [-0.4, -0.2) is 35.4 Å². The van der Waals surface area contributed by atoms with Crippen molar-refractivity contribution < 1.29 is 24.2 Å². The van der Waals surface area contributed by atoms with E-state index >= 15 is 0 Å². The van der Waals surface area contributed by atoms with Crippen LogP contribution in [0.1, 0.15) is 62.2 Å². The van der Waals surface area contributed by atoms with E-state index in [0.717, 1.165) is 12.8 Å². The standard InChI is InChI=1S/C20H27NO5/c1-14-10-12-20(13-11-14,19(24)25)21-18(23)5-3-4-17(22)15-6-8-16(26-2)9-7-15/h6-9,14H,3-5,10-13H2,1-2H3,(H,21,23)(H,24,25). The molecule has 1 aromatic carbocycles. The summed E-state index contributed by atoms with van der Waals surface area (Å²) in [6.45, 7) is 2.10. The molecule has 1 aliphatic rings. The molecule has 0 heterocycles. The predicted molar refractivity (Wildman–Crippen MR) is 97.3 cm³/mol. The fourth-order valence-electron chi connectivity index (χ4n) is 3.31. The van der Waals surface area contributed by atoms with Gasteiger partial charge in [-0.2, -0.15) is 0 Å². The molecule has 26 heavy (non-hydrogen) atoms. The molecule has 0 radical (unpaired) electrons. The van der Waals surface area contributed by atoms with Gasteiger partial charge in [0.2, 0.25) is 5.91 Å². The minimum Gasteiger partial charge on any atom is -0.497 e. The van der Waals surface area contributed by atoms with Gasteiger partial charge in [0, 0.05) is 18.4 Å². The smallest absolute Gasteiger partial charge is 0.329 e. The maximum atomic E-state index is 12.2. The maximum absolute atomic E-state index is 12.2. The third-order valence-corrected chi connectivity index (χ3v) is 5.14. The number of nitrogens with one attached hydrogen (secondary N) is 1. The largest absolute Gasteiger partial charge is 0.497 e. The van der Waals surface area contributed by atoms with Gasteiger partial charge in [-0.15, -0.1) is 0 Å². The number of amides is 1. The van der Waals surface area contributed by atoms with E-state index in [1.54, 1.807) is 31.4 Å². The van der Waals surface area contributed by atoms with Crippen LogP contribution in [0.3, 0.4) is 0 Å². The summed E-state index contributed by atoms with van der Waals surface area (Å²) in [5, 5.41) is 12.3. The molecular formula is C20H27NO5. The summed E-state index contributed by atoms with van der Waals surface area (Å²) in [7, 11) is 1.56. The van der Waals surface area contributed by atoms with Gasteiger partial charge in [-0.3, -0.25) is 9.59 Å². The van der Waals surface area contributed by atoms with Crippen molar-refractivity contribution in [2.75, 3.05) is 7.11 Å². The van der Waals surface area contributed by atoms with Crippen LogP contribution < -0.4 is 10.1 Å². The molecule has 6 nitrogen and oxygen atoms in total. The summed E-state index contributed by atoms with van der Waals surface area (Å²) >= 11 is 0. The maximum Gasteiger partial charge on any atom is 0.329 e. The fraction of sp³-hybridized carbons (Fsp3) is 0.550. The van der Waals surface area contributed by atoms with Crippen molar-refractivity contribution in [3.8, 4) is 5.75 Å². The highest BCUT2D eigenvalue weighted by molar-refractivity contribution is 5.96. The van der Waals surface area contributed by atoms with Crippen molar-refractivity contribution in [1.82, 2.24) is 5.32 Å². The molecule has 0 aromatic heterocycles. The Kier molecular flexibility index (Phi) is 6.77. The van der Waals surface area contributed by atoms with Crippen molar-refractivity contribution in [2.24, 2.45) is 5.92 Å². The highest BCUT2D eigenvalue weighted by atomic mass is 16.5. The summed E-state index contributed by atoms with van der Waals surface area (Å²) in [6.07, 6.45) is 3.29. The number of ketones is 1. The molecule has 0 saturated heterocycles. The van der Waals surface area contributed by atoms with E-state index < -0.39 is 11.5 Å². The van der Waals surface area contributed by atoms with Crippen LogP contribution in [0.5, 0.6) is 5.75 Å². The molecule has 0 spiro atoms. The Morgan fingerprint density at radius 2 is 1.77 bits per heavy atom. The topological polar surface area (TPSA) is 92.7 Å². The summed E-state index contributed by atoms with van der Waals surface area (Å²) in [4.78, 5) is 36.0. The molecule has 1 aromatic rings. The van der Waals surface area contributed by atoms with Gasteiger partial charge in [-0.25, -0.2) is 4.79 Å². The molecular weight excluding hydrogens is 334 g/mol. The molecule has 1 amide bonds. The molecule has 1 fully saturated rings. The SMILES string of the molecule is COc1ccc(C(=O)CCCC(=O)NC2(C(=O)O)CCC(C)CC2)cc1. The third-order valence-electron chi connectivity index (χ3n) is 5.14. The quantitative estimate of drug-likeness (QED) is 0.694. The van der Waals surface area contributed by atoms with Gasteiger partial charge < -0.3 is 15.2 Å². The minimum absolute atomic E-state index is 0.0418. The van der Waals surface area contributed by atoms with Crippen LogP contribution in [0.15, 0.2) is 24.3 Å². The van der Waals surface area contributed by atoms with Gasteiger partial charge >= 0.3 is 5.97 Å². The van der Waals surface area contributed by atoms with Gasteiger partial charge in [0.1, 0.15) is 11.3 Å². The summed E-state index contributed by atoms with van der Waals surface area (Å²) in [5.41, 5.74) is -0.571. The van der Waals surface area contributed by atoms with Crippen LogP contribution in [-0.2, 0) is 9.59 Å². The Labute approximate surface area is 153 Å². The number of carbonyl (C=O) groups excluding carboxylic acids is 2. The number of carboxylic acids is 1. The first-order valence-electron chi connectivity index (χ1n) is 9.08. The Hall–Kier alpha value is -2.37. The van der Waals surface area contributed by atoms with E-state index in [9.17, 15) is 19.5 Å². The normalized spacial score (nSPS) is 22.5. The summed E-state index contributed by atoms with van der Waals surface area (Å²) < 4.78 is 5.06. The zero-order chi connectivity index (χ0) is 19.2. The Balaban J connectivity index is 1.82. The number of carboxylic acid groups (broad SMARTS) is 1. The molecule has 0 bridgehead atoms. The molecule has 2 N–H and O–H groups in total. The number of hydrogen-bond donors (Lipinski definition) is 2. The molecule has 2 rings (SSSR count). The number of ether oxygens (including phenoxy) is 1. The van der Waals surface area contributed by atoms with Crippen LogP contribution in [0.25, 0.3) is 0 Å². The number of hydrogen-bond acceptors (Lipinski definition) is 4. The zero-order valence-electron chi connectivity index (χ0n) is 15.4. The molecule has 6 heteroatoms. The average molecular weight is 361 g/mol. The molecule has 142 valence electrons. The van der Waals surface area contributed by atoms with Crippen LogP contribution >= 0.6 is 0 Å². The van der Waals surface area contributed by atoms with Gasteiger partial charge in [-0.05, 0) is 62.3 Å². The van der Waals surface area contributed by atoms with Gasteiger partial charge in [0.15, 0.2) is 5.78 Å². The Bertz CT molecular complexity index is 645. The molecule has 0 unspecified atom stereocenters. The number of rotatable bonds is 8. The number of aliphatic carboxylic acids is 1. The van der Waals surface area contributed by atoms with Gasteiger partial charge in [0.05, 0.1) is 7.11 Å². The van der Waals surface area contributed by atoms with Crippen LogP contribution in [0.4, 0.5) is 0 Å². The summed E-state index contributed by atoms with van der Waals surface area (Å²) in [5.74, 6) is -0.139. The molecule has 0 aliphatic heterocycles. The number of Topliss-reactive ketones (excluding diaryl/α,β-unsaturated/α-hetero) is 1. The third kappa shape index (κ3) is 5.07. The number of methoxy groups -OCH3 is 1. The van der Waals surface area contributed by atoms with Crippen molar-refractivity contribution in [1.29, 1.82) is 0 Å². The molecule has 0 atom stereocenters. The van der Waals surface area contributed by atoms with E-state index in [1.807, 2.05) is 0 Å². The molecule has 1 aliphatic carbocycles. The van der Waals surface area contributed by atoms with Crippen LogP contribution in [0, 0.1) is 5.92 Å². The van der Waals surface area contributed by atoms with Crippen molar-refractivity contribution in [2.45, 2.75) is 57.4 Å². The number of benzene rings is 1. The van der Waals surface area contributed by atoms with E-state index in [2.05, 4.69) is 12.2 Å². The van der Waals surface area contributed by atoms with Gasteiger partial charge in [-0.1, -0.05) is 6.92 Å². The van der Waals surface area contributed by atoms with Gasteiger partial charge in [0.25, 0.3) is 0 Å². The van der Waals surface area contributed by atoms with Crippen molar-refractivity contribution >= 4 is 17.7 Å². The second kappa shape index (κ2) is 8.83. The van der Waals surface area contributed by atoms with E-state index in [-0.39, 0.29) is 24.5 Å². The fourth-order valence-corrected chi connectivity index (χ4v) is 3.31. The van der Waals surface area contributed by atoms with Crippen molar-refractivity contribution in [3.63, 3.8) is 0 Å². The van der Waals surface area contributed by atoms with E-state index in [1.165, 1.54) is 0 Å². The zero-order valence-corrected chi connectivity index (χ0v) is 15.4. The second-order valence-corrected chi connectivity index (χ2v) is 7.12. The molecule has 1 saturated carbocycles. The highest BCUT2D eigenvalue weighted by Gasteiger charge is 2.42. The predicted octanol–water partition coefficient (Wildman–Crippen LogP) is 3.20.